The summed E-state index contributed by atoms with van der Waals surface area (Å²) in [6, 6.07) is 1.94. The Morgan fingerprint density at radius 1 is 1.56 bits per heavy atom. The minimum absolute atomic E-state index is 0.484. The molecule has 1 rings (SSSR count). The Labute approximate surface area is 102 Å². The smallest absolute Gasteiger partial charge is 0.324 e. The molecule has 0 aliphatic rings. The average Bonchev–Trinajstić information content (AvgIpc) is 2.27. The molecule has 1 aromatic carbocycles. The lowest BCUT2D eigenvalue weighted by Crippen LogP contribution is -2.35. The number of halogens is 1. The topological polar surface area (TPSA) is 110 Å². The van der Waals surface area contributed by atoms with Gasteiger partial charge in [0, 0.05) is 6.04 Å². The fraction of sp³-hybridized carbons (Fsp3) is 0.333. The summed E-state index contributed by atoms with van der Waals surface area (Å²) in [5.41, 5.74) is -1.12. The Morgan fingerprint density at radius 3 is 2.67 bits per heavy atom. The van der Waals surface area contributed by atoms with Gasteiger partial charge in [-0.3, -0.25) is 10.1 Å². The highest BCUT2D eigenvalue weighted by molar-refractivity contribution is 7.89. The van der Waals surface area contributed by atoms with Crippen molar-refractivity contribution in [2.45, 2.75) is 17.9 Å². The molecule has 0 spiro atoms. The molecule has 0 saturated heterocycles. The molecule has 0 amide bonds. The van der Waals surface area contributed by atoms with Gasteiger partial charge in [-0.15, -0.1) is 0 Å². The third-order valence-corrected chi connectivity index (χ3v) is 3.67. The molecule has 0 unspecified atom stereocenters. The first-order valence-electron chi connectivity index (χ1n) is 4.85. The summed E-state index contributed by atoms with van der Waals surface area (Å²) in [7, 11) is -4.26. The number of benzene rings is 1. The first-order valence-corrected chi connectivity index (χ1v) is 6.34. The van der Waals surface area contributed by atoms with Crippen molar-refractivity contribution in [3.8, 4) is 0 Å². The number of nitrogens with zero attached hydrogens (tertiary/aromatic N) is 1. The van der Waals surface area contributed by atoms with Crippen molar-refractivity contribution in [2.24, 2.45) is 0 Å². The first-order chi connectivity index (χ1) is 8.29. The molecular formula is C9H11FN2O5S. The maximum atomic E-state index is 13.3. The molecule has 0 aliphatic carbocycles. The van der Waals surface area contributed by atoms with Gasteiger partial charge in [0.05, 0.1) is 11.5 Å². The van der Waals surface area contributed by atoms with Crippen LogP contribution in [0.1, 0.15) is 6.92 Å². The van der Waals surface area contributed by atoms with E-state index in [1.165, 1.54) is 6.92 Å². The number of para-hydroxylation sites is 1. The number of nitro benzene ring substituents is 1. The predicted octanol–water partition coefficient (Wildman–Crippen LogP) is 0.393. The van der Waals surface area contributed by atoms with Gasteiger partial charge >= 0.3 is 5.69 Å². The molecule has 18 heavy (non-hydrogen) atoms. The van der Waals surface area contributed by atoms with E-state index in [9.17, 15) is 22.9 Å². The molecule has 0 aromatic heterocycles. The Bertz CT molecular complexity index is 560. The van der Waals surface area contributed by atoms with Crippen LogP contribution in [-0.4, -0.2) is 31.1 Å². The number of nitrogens with one attached hydrogen (secondary N) is 1. The summed E-state index contributed by atoms with van der Waals surface area (Å²) in [6.07, 6.45) is 0. The fourth-order valence-electron chi connectivity index (χ4n) is 1.26. The van der Waals surface area contributed by atoms with Crippen LogP contribution in [0, 0.1) is 15.9 Å². The van der Waals surface area contributed by atoms with Crippen LogP contribution in [0.2, 0.25) is 0 Å². The van der Waals surface area contributed by atoms with Gasteiger partial charge < -0.3 is 5.11 Å². The summed E-state index contributed by atoms with van der Waals surface area (Å²) in [4.78, 5) is 8.79. The van der Waals surface area contributed by atoms with E-state index in [2.05, 4.69) is 0 Å². The Morgan fingerprint density at radius 2 is 2.17 bits per heavy atom. The second-order valence-corrected chi connectivity index (χ2v) is 5.23. The Hall–Kier alpha value is -1.58. The molecule has 100 valence electrons. The number of rotatable bonds is 5. The van der Waals surface area contributed by atoms with E-state index in [0.29, 0.717) is 0 Å². The monoisotopic (exact) mass is 278 g/mol. The minimum atomic E-state index is -4.26. The van der Waals surface area contributed by atoms with Crippen molar-refractivity contribution in [3.05, 3.63) is 34.1 Å². The van der Waals surface area contributed by atoms with E-state index in [-0.39, 0.29) is 0 Å². The van der Waals surface area contributed by atoms with Crippen molar-refractivity contribution in [3.63, 3.8) is 0 Å². The van der Waals surface area contributed by atoms with Crippen LogP contribution in [0.15, 0.2) is 23.1 Å². The van der Waals surface area contributed by atoms with Crippen LogP contribution < -0.4 is 4.72 Å². The van der Waals surface area contributed by atoms with Crippen molar-refractivity contribution >= 4 is 15.7 Å². The standard InChI is InChI=1S/C9H11FN2O5S/c1-6(5-13)11-18(16,17)8-4-2-3-7(10)9(8)12(14)15/h2-4,6,11,13H,5H2,1H3/t6-/m1/s1. The van der Waals surface area contributed by atoms with Crippen LogP contribution in [0.4, 0.5) is 10.1 Å². The van der Waals surface area contributed by atoms with Crippen LogP contribution in [-0.2, 0) is 10.0 Å². The number of hydrogen-bond donors (Lipinski definition) is 2. The number of aliphatic hydroxyl groups excluding tert-OH is 1. The van der Waals surface area contributed by atoms with Crippen LogP contribution >= 0.6 is 0 Å². The zero-order valence-electron chi connectivity index (χ0n) is 9.33. The normalized spacial score (nSPS) is 13.3. The third-order valence-electron chi connectivity index (χ3n) is 2.05. The number of sulfonamides is 1. The first kappa shape index (κ1) is 14.5. The SMILES string of the molecule is C[C@H](CO)NS(=O)(=O)c1cccc(F)c1[N+](=O)[O-]. The second-order valence-electron chi connectivity index (χ2n) is 3.55. The summed E-state index contributed by atoms with van der Waals surface area (Å²) >= 11 is 0. The fourth-order valence-corrected chi connectivity index (χ4v) is 2.67. The summed E-state index contributed by atoms with van der Waals surface area (Å²) in [5, 5.41) is 19.4. The molecule has 1 atom stereocenters. The average molecular weight is 278 g/mol. The van der Waals surface area contributed by atoms with E-state index in [1.54, 1.807) is 0 Å². The molecule has 0 bridgehead atoms. The van der Waals surface area contributed by atoms with E-state index in [1.807, 2.05) is 4.72 Å². The molecule has 2 N–H and O–H groups in total. The Kier molecular flexibility index (Phi) is 4.33. The van der Waals surface area contributed by atoms with E-state index >= 15 is 0 Å². The van der Waals surface area contributed by atoms with Gasteiger partial charge in [0.15, 0.2) is 4.90 Å². The molecule has 0 heterocycles. The molecule has 9 heteroatoms. The van der Waals surface area contributed by atoms with Gasteiger partial charge in [0.2, 0.25) is 15.8 Å². The minimum Gasteiger partial charge on any atom is -0.395 e. The van der Waals surface area contributed by atoms with Crippen molar-refractivity contribution in [1.29, 1.82) is 0 Å². The zero-order chi connectivity index (χ0) is 13.9. The molecule has 0 saturated carbocycles. The van der Waals surface area contributed by atoms with Gasteiger partial charge in [-0.25, -0.2) is 13.1 Å². The molecule has 0 radical (unpaired) electrons. The molecular weight excluding hydrogens is 267 g/mol. The summed E-state index contributed by atoms with van der Waals surface area (Å²) < 4.78 is 38.8. The van der Waals surface area contributed by atoms with Crippen LogP contribution in [0.3, 0.4) is 0 Å². The second kappa shape index (κ2) is 5.38. The molecule has 7 nitrogen and oxygen atoms in total. The van der Waals surface area contributed by atoms with E-state index < -0.39 is 44.0 Å². The largest absolute Gasteiger partial charge is 0.395 e. The Balaban J connectivity index is 3.33. The van der Waals surface area contributed by atoms with Crippen LogP contribution in [0.5, 0.6) is 0 Å². The highest BCUT2D eigenvalue weighted by atomic mass is 32.2. The highest BCUT2D eigenvalue weighted by Crippen LogP contribution is 2.26. The van der Waals surface area contributed by atoms with Gasteiger partial charge in [-0.05, 0) is 19.1 Å². The van der Waals surface area contributed by atoms with Gasteiger partial charge in [-0.2, -0.15) is 4.39 Å². The summed E-state index contributed by atoms with van der Waals surface area (Å²) in [6.45, 7) is 0.880. The summed E-state index contributed by atoms with van der Waals surface area (Å²) in [5.74, 6) is -1.24. The number of aliphatic hydroxyl groups is 1. The lowest BCUT2D eigenvalue weighted by Gasteiger charge is -2.11. The third kappa shape index (κ3) is 3.00. The van der Waals surface area contributed by atoms with Crippen molar-refractivity contribution in [2.75, 3.05) is 6.61 Å². The number of hydrogen-bond acceptors (Lipinski definition) is 5. The molecule has 0 aliphatic heterocycles. The zero-order valence-corrected chi connectivity index (χ0v) is 10.1. The van der Waals surface area contributed by atoms with E-state index in [4.69, 9.17) is 5.11 Å². The van der Waals surface area contributed by atoms with Gasteiger partial charge in [-0.1, -0.05) is 6.07 Å². The van der Waals surface area contributed by atoms with Gasteiger partial charge in [0.25, 0.3) is 0 Å². The maximum absolute atomic E-state index is 13.3. The highest BCUT2D eigenvalue weighted by Gasteiger charge is 2.30. The van der Waals surface area contributed by atoms with Gasteiger partial charge in [0.1, 0.15) is 0 Å². The molecule has 1 aromatic rings. The number of nitro groups is 1. The van der Waals surface area contributed by atoms with Crippen molar-refractivity contribution < 1.29 is 22.8 Å². The lowest BCUT2D eigenvalue weighted by molar-refractivity contribution is -0.390. The lowest BCUT2D eigenvalue weighted by atomic mass is 10.3. The van der Waals surface area contributed by atoms with Crippen LogP contribution in [0.25, 0.3) is 0 Å². The van der Waals surface area contributed by atoms with E-state index in [0.717, 1.165) is 18.2 Å². The predicted molar refractivity (Wildman–Crippen MR) is 59.9 cm³/mol. The molecule has 0 fully saturated rings. The van der Waals surface area contributed by atoms with Crippen molar-refractivity contribution in [1.82, 2.24) is 4.72 Å². The maximum Gasteiger partial charge on any atom is 0.324 e. The quantitative estimate of drug-likeness (QED) is 0.598.